The Balaban J connectivity index is 0.00000272. The molecule has 4 rings (SSSR count). The lowest BCUT2D eigenvalue weighted by Gasteiger charge is -2.38. The molecule has 164 valence electrons. The number of non-ortho nitro benzene ring substituents is 1. The summed E-state index contributed by atoms with van der Waals surface area (Å²) in [5.74, 6) is -0.246. The number of aromatic amines is 1. The summed E-state index contributed by atoms with van der Waals surface area (Å²) < 4.78 is 0. The Morgan fingerprint density at radius 2 is 2.10 bits per heavy atom. The van der Waals surface area contributed by atoms with Crippen molar-refractivity contribution in [2.24, 2.45) is 0 Å². The molecule has 0 aliphatic carbocycles. The molecule has 1 saturated heterocycles. The molecule has 1 aliphatic heterocycles. The Morgan fingerprint density at radius 3 is 2.74 bits per heavy atom. The van der Waals surface area contributed by atoms with Gasteiger partial charge < -0.3 is 15.0 Å². The van der Waals surface area contributed by atoms with Crippen molar-refractivity contribution >= 4 is 34.9 Å². The molecule has 1 aromatic carbocycles. The molecule has 10 heteroatoms. The number of hydrogen-bond acceptors (Lipinski definition) is 6. The van der Waals surface area contributed by atoms with Crippen molar-refractivity contribution in [1.82, 2.24) is 19.8 Å². The number of carbonyl (C=O) groups excluding carboxylic acids is 1. The molecule has 0 bridgehead atoms. The summed E-state index contributed by atoms with van der Waals surface area (Å²) in [6.45, 7) is 0.964. The van der Waals surface area contributed by atoms with Crippen LogP contribution in [0.5, 0.6) is 5.88 Å². The quantitative estimate of drug-likeness (QED) is 0.466. The lowest BCUT2D eigenvalue weighted by Crippen LogP contribution is -2.49. The standard InChI is InChI=1S/C21H23N5O4.ClH/c1-24-10-4-3-5-18(24)25(2)21(28)13-6-8-17(22-12-13)19-15-11-14(26(29)30)7-9-16(15)23-20(19)27;/h6-9,11-12,18,23,27H,3-5,10H2,1-2H3;1H. The molecule has 2 N–H and O–H groups in total. The van der Waals surface area contributed by atoms with Crippen LogP contribution in [0.3, 0.4) is 0 Å². The van der Waals surface area contributed by atoms with Crippen LogP contribution in [0.4, 0.5) is 5.69 Å². The molecule has 3 heterocycles. The number of aromatic nitrogens is 2. The Bertz CT molecular complexity index is 1110. The largest absolute Gasteiger partial charge is 0.494 e. The second kappa shape index (κ2) is 8.91. The van der Waals surface area contributed by atoms with Gasteiger partial charge in [0.1, 0.15) is 0 Å². The van der Waals surface area contributed by atoms with Crippen molar-refractivity contribution in [3.8, 4) is 17.1 Å². The minimum atomic E-state index is -0.486. The van der Waals surface area contributed by atoms with Crippen molar-refractivity contribution in [3.05, 3.63) is 52.2 Å². The van der Waals surface area contributed by atoms with Crippen LogP contribution in [0.2, 0.25) is 0 Å². The SMILES string of the molecule is CN1CCCCC1N(C)C(=O)c1ccc(-c2c(O)[nH]c3ccc([N+](=O)[O-])cc23)nc1.Cl. The highest BCUT2D eigenvalue weighted by Gasteiger charge is 2.27. The molecular formula is C21H24ClN5O4. The Kier molecular flexibility index (Phi) is 6.47. The summed E-state index contributed by atoms with van der Waals surface area (Å²) in [5.41, 5.74) is 1.73. The van der Waals surface area contributed by atoms with Crippen LogP contribution in [-0.2, 0) is 0 Å². The summed E-state index contributed by atoms with van der Waals surface area (Å²) in [4.78, 5) is 34.6. The summed E-state index contributed by atoms with van der Waals surface area (Å²) in [5, 5.41) is 21.9. The maximum Gasteiger partial charge on any atom is 0.270 e. The second-order valence-corrected chi connectivity index (χ2v) is 7.64. The molecule has 2 aromatic heterocycles. The molecule has 0 saturated carbocycles. The van der Waals surface area contributed by atoms with Gasteiger partial charge in [0.2, 0.25) is 0 Å². The van der Waals surface area contributed by atoms with Crippen molar-refractivity contribution in [3.63, 3.8) is 0 Å². The van der Waals surface area contributed by atoms with Gasteiger partial charge in [-0.05, 0) is 51.1 Å². The van der Waals surface area contributed by atoms with E-state index >= 15 is 0 Å². The van der Waals surface area contributed by atoms with Crippen molar-refractivity contribution in [2.75, 3.05) is 20.6 Å². The number of nitrogens with zero attached hydrogens (tertiary/aromatic N) is 4. The van der Waals surface area contributed by atoms with Crippen LogP contribution in [0.1, 0.15) is 29.6 Å². The lowest BCUT2D eigenvalue weighted by molar-refractivity contribution is -0.384. The molecule has 1 atom stereocenters. The fourth-order valence-electron chi connectivity index (χ4n) is 4.09. The average molecular weight is 446 g/mol. The molecule has 0 spiro atoms. The van der Waals surface area contributed by atoms with Crippen LogP contribution in [0, 0.1) is 10.1 Å². The molecule has 3 aromatic rings. The molecular weight excluding hydrogens is 422 g/mol. The van der Waals surface area contributed by atoms with Gasteiger partial charge in [-0.15, -0.1) is 12.4 Å². The summed E-state index contributed by atoms with van der Waals surface area (Å²) >= 11 is 0. The topological polar surface area (TPSA) is 116 Å². The highest BCUT2D eigenvalue weighted by molar-refractivity contribution is 6.00. The number of halogens is 1. The average Bonchev–Trinajstić information content (AvgIpc) is 3.08. The minimum absolute atomic E-state index is 0. The monoisotopic (exact) mass is 445 g/mol. The van der Waals surface area contributed by atoms with E-state index in [1.54, 1.807) is 30.1 Å². The van der Waals surface area contributed by atoms with Gasteiger partial charge in [0.25, 0.3) is 11.6 Å². The number of benzene rings is 1. The van der Waals surface area contributed by atoms with Crippen LogP contribution in [0.25, 0.3) is 22.2 Å². The van der Waals surface area contributed by atoms with Crippen molar-refractivity contribution < 1.29 is 14.8 Å². The zero-order valence-corrected chi connectivity index (χ0v) is 18.1. The highest BCUT2D eigenvalue weighted by atomic mass is 35.5. The van der Waals surface area contributed by atoms with Gasteiger partial charge in [-0.25, -0.2) is 0 Å². The predicted octanol–water partition coefficient (Wildman–Crippen LogP) is 3.78. The van der Waals surface area contributed by atoms with Crippen LogP contribution < -0.4 is 0 Å². The molecule has 1 unspecified atom stereocenters. The first-order valence-corrected chi connectivity index (χ1v) is 9.79. The summed E-state index contributed by atoms with van der Waals surface area (Å²) in [7, 11) is 3.82. The van der Waals surface area contributed by atoms with Crippen molar-refractivity contribution in [2.45, 2.75) is 25.4 Å². The number of likely N-dealkylation sites (tertiary alicyclic amines) is 1. The van der Waals surface area contributed by atoms with Gasteiger partial charge in [0, 0.05) is 36.3 Å². The van der Waals surface area contributed by atoms with E-state index in [4.69, 9.17) is 0 Å². The van der Waals surface area contributed by atoms with Crippen molar-refractivity contribution in [1.29, 1.82) is 0 Å². The maximum atomic E-state index is 12.9. The third-order valence-corrected chi connectivity index (χ3v) is 5.74. The Labute approximate surface area is 185 Å². The van der Waals surface area contributed by atoms with E-state index in [1.165, 1.54) is 18.3 Å². The van der Waals surface area contributed by atoms with E-state index < -0.39 is 4.92 Å². The third kappa shape index (κ3) is 4.19. The first-order valence-electron chi connectivity index (χ1n) is 9.79. The van der Waals surface area contributed by atoms with E-state index in [9.17, 15) is 20.0 Å². The number of amides is 1. The molecule has 0 radical (unpaired) electrons. The second-order valence-electron chi connectivity index (χ2n) is 7.64. The maximum absolute atomic E-state index is 12.9. The van der Waals surface area contributed by atoms with Gasteiger partial charge in [-0.1, -0.05) is 0 Å². The number of H-pyrrole nitrogens is 1. The molecule has 31 heavy (non-hydrogen) atoms. The first kappa shape index (κ1) is 22.5. The fourth-order valence-corrected chi connectivity index (χ4v) is 4.09. The third-order valence-electron chi connectivity index (χ3n) is 5.74. The predicted molar refractivity (Wildman–Crippen MR) is 119 cm³/mol. The minimum Gasteiger partial charge on any atom is -0.494 e. The normalized spacial score (nSPS) is 16.6. The number of piperidine rings is 1. The number of aromatic hydroxyl groups is 1. The lowest BCUT2D eigenvalue weighted by atomic mass is 10.1. The number of nitro benzene ring substituents is 1. The molecule has 1 fully saturated rings. The van der Waals surface area contributed by atoms with Gasteiger partial charge in [0.15, 0.2) is 5.88 Å². The number of fused-ring (bicyclic) bond motifs is 1. The fraction of sp³-hybridized carbons (Fsp3) is 0.333. The summed E-state index contributed by atoms with van der Waals surface area (Å²) in [6, 6.07) is 7.63. The van der Waals surface area contributed by atoms with E-state index in [2.05, 4.69) is 14.9 Å². The van der Waals surface area contributed by atoms with Crippen LogP contribution >= 0.6 is 12.4 Å². The smallest absolute Gasteiger partial charge is 0.270 e. The number of hydrogen-bond donors (Lipinski definition) is 2. The Hall–Kier alpha value is -3.17. The zero-order valence-electron chi connectivity index (χ0n) is 17.2. The zero-order chi connectivity index (χ0) is 21.4. The van der Waals surface area contributed by atoms with E-state index in [0.717, 1.165) is 25.8 Å². The molecule has 9 nitrogen and oxygen atoms in total. The molecule has 1 aliphatic rings. The van der Waals surface area contributed by atoms with Crippen LogP contribution in [0.15, 0.2) is 36.5 Å². The van der Waals surface area contributed by atoms with E-state index in [0.29, 0.717) is 27.7 Å². The number of pyridine rings is 1. The van der Waals surface area contributed by atoms with Gasteiger partial charge >= 0.3 is 0 Å². The van der Waals surface area contributed by atoms with Gasteiger partial charge in [-0.2, -0.15) is 0 Å². The number of rotatable bonds is 4. The molecule has 1 amide bonds. The van der Waals surface area contributed by atoms with E-state index in [-0.39, 0.29) is 36.0 Å². The van der Waals surface area contributed by atoms with Gasteiger partial charge in [0.05, 0.1) is 27.9 Å². The number of nitrogens with one attached hydrogen (secondary N) is 1. The number of carbonyl (C=O) groups is 1. The van der Waals surface area contributed by atoms with E-state index in [1.807, 2.05) is 7.05 Å². The number of nitro groups is 1. The van der Waals surface area contributed by atoms with Gasteiger partial charge in [-0.3, -0.25) is 24.8 Å². The summed E-state index contributed by atoms with van der Waals surface area (Å²) in [6.07, 6.45) is 4.70. The van der Waals surface area contributed by atoms with Crippen LogP contribution in [-0.4, -0.2) is 62.5 Å². The Morgan fingerprint density at radius 1 is 1.32 bits per heavy atom. The first-order chi connectivity index (χ1) is 14.4. The highest BCUT2D eigenvalue weighted by Crippen LogP contribution is 2.37.